The topological polar surface area (TPSA) is 79.4 Å². The Morgan fingerprint density at radius 1 is 1.27 bits per heavy atom. The maximum Gasteiger partial charge on any atom is 0.252 e. The molecule has 1 aromatic heterocycles. The zero-order chi connectivity index (χ0) is 15.6. The highest BCUT2D eigenvalue weighted by atomic mass is 32.2. The van der Waals surface area contributed by atoms with Crippen LogP contribution in [-0.2, 0) is 10.0 Å². The SMILES string of the molecule is O=C(NCC1CCN(S(=O)(=O)C2CC2)CC1)c1cccnc1. The summed E-state index contributed by atoms with van der Waals surface area (Å²) in [6.45, 7) is 1.74. The quantitative estimate of drug-likeness (QED) is 0.877. The summed E-state index contributed by atoms with van der Waals surface area (Å²) in [5, 5.41) is 2.78. The minimum absolute atomic E-state index is 0.124. The van der Waals surface area contributed by atoms with E-state index in [1.54, 1.807) is 28.8 Å². The first-order valence-electron chi connectivity index (χ1n) is 7.74. The van der Waals surface area contributed by atoms with Crippen molar-refractivity contribution < 1.29 is 13.2 Å². The molecule has 1 saturated heterocycles. The molecule has 0 spiro atoms. The van der Waals surface area contributed by atoms with Gasteiger partial charge in [0, 0.05) is 32.0 Å². The van der Waals surface area contributed by atoms with Crippen LogP contribution in [0.4, 0.5) is 0 Å². The van der Waals surface area contributed by atoms with Crippen LogP contribution in [0, 0.1) is 5.92 Å². The lowest BCUT2D eigenvalue weighted by Crippen LogP contribution is -2.42. The second kappa shape index (κ2) is 6.34. The van der Waals surface area contributed by atoms with Gasteiger partial charge in [-0.3, -0.25) is 9.78 Å². The summed E-state index contributed by atoms with van der Waals surface area (Å²) in [7, 11) is -3.05. The van der Waals surface area contributed by atoms with Gasteiger partial charge >= 0.3 is 0 Å². The molecule has 22 heavy (non-hydrogen) atoms. The third kappa shape index (κ3) is 3.47. The van der Waals surface area contributed by atoms with E-state index in [0.717, 1.165) is 25.7 Å². The molecular formula is C15H21N3O3S. The Morgan fingerprint density at radius 2 is 2.00 bits per heavy atom. The fourth-order valence-corrected chi connectivity index (χ4v) is 4.65. The van der Waals surface area contributed by atoms with Crippen molar-refractivity contribution in [1.82, 2.24) is 14.6 Å². The molecule has 1 saturated carbocycles. The van der Waals surface area contributed by atoms with E-state index in [2.05, 4.69) is 10.3 Å². The van der Waals surface area contributed by atoms with Crippen molar-refractivity contribution in [2.45, 2.75) is 30.9 Å². The predicted octanol–water partition coefficient (Wildman–Crippen LogP) is 1.02. The van der Waals surface area contributed by atoms with Crippen LogP contribution in [0.5, 0.6) is 0 Å². The van der Waals surface area contributed by atoms with Crippen molar-refractivity contribution in [3.8, 4) is 0 Å². The van der Waals surface area contributed by atoms with Crippen LogP contribution in [0.1, 0.15) is 36.0 Å². The standard InChI is InChI=1S/C15H21N3O3S/c19-15(13-2-1-7-16-11-13)17-10-12-5-8-18(9-6-12)22(20,21)14-3-4-14/h1-2,7,11-12,14H,3-6,8-10H2,(H,17,19). The molecule has 1 aromatic rings. The van der Waals surface area contributed by atoms with Crippen LogP contribution in [0.15, 0.2) is 24.5 Å². The highest BCUT2D eigenvalue weighted by molar-refractivity contribution is 7.90. The first-order valence-corrected chi connectivity index (χ1v) is 9.25. The molecule has 120 valence electrons. The zero-order valence-electron chi connectivity index (χ0n) is 12.4. The Bertz CT molecular complexity index is 621. The smallest absolute Gasteiger partial charge is 0.252 e. The molecule has 0 atom stereocenters. The zero-order valence-corrected chi connectivity index (χ0v) is 13.3. The number of amides is 1. The molecule has 6 nitrogen and oxygen atoms in total. The number of nitrogens with zero attached hydrogens (tertiary/aromatic N) is 2. The molecule has 0 radical (unpaired) electrons. The van der Waals surface area contributed by atoms with Crippen molar-refractivity contribution >= 4 is 15.9 Å². The normalized spacial score (nSPS) is 20.7. The number of hydrogen-bond donors (Lipinski definition) is 1. The van der Waals surface area contributed by atoms with Crippen LogP contribution < -0.4 is 5.32 Å². The molecule has 7 heteroatoms. The summed E-state index contributed by atoms with van der Waals surface area (Å²) in [6.07, 6.45) is 6.40. The number of aromatic nitrogens is 1. The largest absolute Gasteiger partial charge is 0.352 e. The van der Waals surface area contributed by atoms with E-state index in [1.807, 2.05) is 0 Å². The summed E-state index contributed by atoms with van der Waals surface area (Å²) < 4.78 is 25.9. The first-order chi connectivity index (χ1) is 10.6. The number of carbonyl (C=O) groups excluding carboxylic acids is 1. The Morgan fingerprint density at radius 3 is 2.59 bits per heavy atom. The summed E-state index contributed by atoms with van der Waals surface area (Å²) in [5.74, 6) is 0.215. The average Bonchev–Trinajstić information content (AvgIpc) is 3.39. The van der Waals surface area contributed by atoms with Gasteiger partial charge in [-0.2, -0.15) is 0 Å². The lowest BCUT2D eigenvalue weighted by molar-refractivity contribution is 0.0941. The summed E-state index contributed by atoms with van der Waals surface area (Å²) >= 11 is 0. The van der Waals surface area contributed by atoms with Gasteiger partial charge in [0.2, 0.25) is 10.0 Å². The predicted molar refractivity (Wildman–Crippen MR) is 82.8 cm³/mol. The van der Waals surface area contributed by atoms with E-state index in [0.29, 0.717) is 31.1 Å². The third-order valence-electron chi connectivity index (χ3n) is 4.35. The monoisotopic (exact) mass is 323 g/mol. The van der Waals surface area contributed by atoms with Crippen LogP contribution in [0.2, 0.25) is 0 Å². The van der Waals surface area contributed by atoms with Crippen molar-refractivity contribution in [2.24, 2.45) is 5.92 Å². The highest BCUT2D eigenvalue weighted by Gasteiger charge is 2.41. The highest BCUT2D eigenvalue weighted by Crippen LogP contribution is 2.33. The molecular weight excluding hydrogens is 302 g/mol. The number of carbonyl (C=O) groups is 1. The fraction of sp³-hybridized carbons (Fsp3) is 0.600. The summed E-state index contributed by atoms with van der Waals surface area (Å²) in [4.78, 5) is 15.9. The Kier molecular flexibility index (Phi) is 4.44. The van der Waals surface area contributed by atoms with Gasteiger partial charge in [-0.1, -0.05) is 0 Å². The van der Waals surface area contributed by atoms with Crippen molar-refractivity contribution in [3.05, 3.63) is 30.1 Å². The Labute approximate surface area is 131 Å². The maximum atomic E-state index is 12.2. The summed E-state index contributed by atoms with van der Waals surface area (Å²) in [6, 6.07) is 3.46. The molecule has 1 aliphatic heterocycles. The van der Waals surface area contributed by atoms with E-state index in [4.69, 9.17) is 0 Å². The van der Waals surface area contributed by atoms with Gasteiger partial charge in [0.25, 0.3) is 5.91 Å². The molecule has 0 aromatic carbocycles. The minimum Gasteiger partial charge on any atom is -0.352 e. The lowest BCUT2D eigenvalue weighted by Gasteiger charge is -2.31. The molecule has 1 amide bonds. The van der Waals surface area contributed by atoms with Crippen molar-refractivity contribution in [1.29, 1.82) is 0 Å². The van der Waals surface area contributed by atoms with Gasteiger partial charge in [-0.05, 0) is 43.7 Å². The van der Waals surface area contributed by atoms with Crippen molar-refractivity contribution in [2.75, 3.05) is 19.6 Å². The summed E-state index contributed by atoms with van der Waals surface area (Å²) in [5.41, 5.74) is 0.552. The number of piperidine rings is 1. The molecule has 2 fully saturated rings. The minimum atomic E-state index is -3.05. The van der Waals surface area contributed by atoms with Crippen LogP contribution in [0.3, 0.4) is 0 Å². The fourth-order valence-electron chi connectivity index (χ4n) is 2.78. The van der Waals surface area contributed by atoms with Crippen LogP contribution in [-0.4, -0.2) is 48.5 Å². The number of rotatable bonds is 5. The van der Waals surface area contributed by atoms with Gasteiger partial charge in [0.1, 0.15) is 0 Å². The molecule has 1 aliphatic carbocycles. The van der Waals surface area contributed by atoms with E-state index in [-0.39, 0.29) is 11.2 Å². The third-order valence-corrected chi connectivity index (χ3v) is 6.75. The Hall–Kier alpha value is -1.47. The molecule has 2 aliphatic rings. The molecule has 0 unspecified atom stereocenters. The van der Waals surface area contributed by atoms with Gasteiger partial charge < -0.3 is 5.32 Å². The van der Waals surface area contributed by atoms with Crippen LogP contribution >= 0.6 is 0 Å². The van der Waals surface area contributed by atoms with E-state index in [9.17, 15) is 13.2 Å². The van der Waals surface area contributed by atoms with Gasteiger partial charge in [0.05, 0.1) is 10.8 Å². The van der Waals surface area contributed by atoms with Crippen molar-refractivity contribution in [3.63, 3.8) is 0 Å². The first kappa shape index (κ1) is 15.4. The maximum absolute atomic E-state index is 12.2. The molecule has 3 rings (SSSR count). The Balaban J connectivity index is 1.45. The van der Waals surface area contributed by atoms with E-state index >= 15 is 0 Å². The van der Waals surface area contributed by atoms with Gasteiger partial charge in [0.15, 0.2) is 0 Å². The van der Waals surface area contributed by atoms with Crippen LogP contribution in [0.25, 0.3) is 0 Å². The number of hydrogen-bond acceptors (Lipinski definition) is 4. The number of sulfonamides is 1. The molecule has 1 N–H and O–H groups in total. The molecule has 0 bridgehead atoms. The van der Waals surface area contributed by atoms with E-state index < -0.39 is 10.0 Å². The average molecular weight is 323 g/mol. The second-order valence-corrected chi connectivity index (χ2v) is 8.25. The second-order valence-electron chi connectivity index (χ2n) is 6.04. The lowest BCUT2D eigenvalue weighted by atomic mass is 9.98. The number of pyridine rings is 1. The number of nitrogens with one attached hydrogen (secondary N) is 1. The molecule has 2 heterocycles. The van der Waals surface area contributed by atoms with Gasteiger partial charge in [-0.25, -0.2) is 12.7 Å². The van der Waals surface area contributed by atoms with Gasteiger partial charge in [-0.15, -0.1) is 0 Å². The van der Waals surface area contributed by atoms with E-state index in [1.165, 1.54) is 0 Å².